The lowest BCUT2D eigenvalue weighted by Gasteiger charge is -2.30. The largest absolute Gasteiger partial charge is 0.434 e. The van der Waals surface area contributed by atoms with Gasteiger partial charge in [-0.25, -0.2) is 19.9 Å². The highest BCUT2D eigenvalue weighted by Gasteiger charge is 2.26. The van der Waals surface area contributed by atoms with Gasteiger partial charge in [0.05, 0.1) is 35.0 Å². The Labute approximate surface area is 242 Å². The summed E-state index contributed by atoms with van der Waals surface area (Å²) in [6, 6.07) is 15.7. The summed E-state index contributed by atoms with van der Waals surface area (Å²) >= 11 is 6.32. The lowest BCUT2D eigenvalue weighted by Crippen LogP contribution is -2.38. The van der Waals surface area contributed by atoms with E-state index >= 15 is 0 Å². The van der Waals surface area contributed by atoms with Crippen LogP contribution < -0.4 is 10.7 Å². The van der Waals surface area contributed by atoms with Gasteiger partial charge in [-0.1, -0.05) is 67.3 Å². The third-order valence-corrected chi connectivity index (χ3v) is 7.67. The van der Waals surface area contributed by atoms with Gasteiger partial charge in [0, 0.05) is 37.6 Å². The number of benzene rings is 1. The first-order chi connectivity index (χ1) is 20.2. The average Bonchev–Trinajstić information content (AvgIpc) is 3.62. The van der Waals surface area contributed by atoms with E-state index in [4.69, 9.17) is 30.7 Å². The number of anilines is 1. The highest BCUT2D eigenvalue weighted by molar-refractivity contribution is 6.30. The molecule has 0 bridgehead atoms. The number of aromatic nitrogens is 6. The first-order valence-corrected chi connectivity index (χ1v) is 14.4. The van der Waals surface area contributed by atoms with E-state index in [2.05, 4.69) is 24.6 Å². The van der Waals surface area contributed by atoms with E-state index in [1.807, 2.05) is 48.5 Å². The highest BCUT2D eigenvalue weighted by Crippen LogP contribution is 2.36. The number of fused-ring (bicyclic) bond motifs is 1. The summed E-state index contributed by atoms with van der Waals surface area (Å²) in [5, 5.41) is 6.82. The summed E-state index contributed by atoms with van der Waals surface area (Å²) in [4.78, 5) is 28.2. The van der Waals surface area contributed by atoms with Crippen molar-refractivity contribution in [1.82, 2.24) is 29.7 Å². The number of rotatable bonds is 5. The molecule has 1 saturated carbocycles. The Kier molecular flexibility index (Phi) is 8.39. The smallest absolute Gasteiger partial charge is 0.386 e. The first kappa shape index (κ1) is 27.2. The molecule has 10 nitrogen and oxygen atoms in total. The van der Waals surface area contributed by atoms with Crippen LogP contribution in [-0.4, -0.2) is 56.0 Å². The van der Waals surface area contributed by atoms with Crippen LogP contribution in [0.25, 0.3) is 33.9 Å². The Balaban J connectivity index is 0.000000449. The van der Waals surface area contributed by atoms with Gasteiger partial charge in [0.2, 0.25) is 5.95 Å². The van der Waals surface area contributed by atoms with Crippen molar-refractivity contribution in [3.63, 3.8) is 0 Å². The monoisotopic (exact) mass is 573 g/mol. The number of ether oxygens (including phenoxy) is 1. The van der Waals surface area contributed by atoms with Crippen molar-refractivity contribution in [2.24, 2.45) is 5.92 Å². The van der Waals surface area contributed by atoms with E-state index in [1.54, 1.807) is 12.4 Å². The maximum Gasteiger partial charge on any atom is 0.434 e. The van der Waals surface area contributed by atoms with E-state index in [0.29, 0.717) is 35.5 Å². The molecule has 5 aromatic rings. The lowest BCUT2D eigenvalue weighted by molar-refractivity contribution is 0.121. The molecule has 11 heteroatoms. The number of aromatic amines is 1. The fourth-order valence-corrected chi connectivity index (χ4v) is 5.70. The molecule has 1 aromatic carbocycles. The summed E-state index contributed by atoms with van der Waals surface area (Å²) in [5.41, 5.74) is 3.54. The molecule has 0 radical (unpaired) electrons. The molecule has 2 aliphatic rings. The topological polar surface area (TPSA) is 115 Å². The Morgan fingerprint density at radius 3 is 2.34 bits per heavy atom. The van der Waals surface area contributed by atoms with E-state index in [-0.39, 0.29) is 5.89 Å². The average molecular weight is 574 g/mol. The van der Waals surface area contributed by atoms with Gasteiger partial charge in [-0.2, -0.15) is 0 Å². The van der Waals surface area contributed by atoms with Gasteiger partial charge in [0.25, 0.3) is 5.89 Å². The predicted molar refractivity (Wildman–Crippen MR) is 158 cm³/mol. The van der Waals surface area contributed by atoms with Crippen LogP contribution in [0.1, 0.15) is 32.1 Å². The van der Waals surface area contributed by atoms with Gasteiger partial charge in [0.1, 0.15) is 5.69 Å². The molecule has 4 aromatic heterocycles. The Morgan fingerprint density at radius 2 is 1.68 bits per heavy atom. The Bertz CT molecular complexity index is 1610. The number of hydrogen-bond donors (Lipinski definition) is 1. The zero-order valence-corrected chi connectivity index (χ0v) is 23.5. The minimum Gasteiger partial charge on any atom is -0.386 e. The van der Waals surface area contributed by atoms with E-state index in [0.717, 1.165) is 42.2 Å². The number of halogens is 1. The number of H-pyrrole nitrogens is 1. The van der Waals surface area contributed by atoms with Crippen LogP contribution in [0.15, 0.2) is 70.1 Å². The molecule has 1 saturated heterocycles. The normalized spacial score (nSPS) is 16.0. The van der Waals surface area contributed by atoms with Crippen molar-refractivity contribution in [2.45, 2.75) is 38.6 Å². The standard InChI is InChI=1S/C24H26ClN7O3.C6H6/c25-17-10-16(12-26-13-17)20-21-18(11-19(27-20)22-29-30-24(33)35-22)28-23(31-6-8-34-9-7-31)32(21)14-15-4-2-1-3-5-15;1-2-4-6-5-3-1/h10-13,15H,1-9,14H2,(H,30,33);1-6H. The van der Waals surface area contributed by atoms with E-state index in [9.17, 15) is 4.79 Å². The molecule has 2 fully saturated rings. The molecule has 0 unspecified atom stereocenters. The Hall–Kier alpha value is -4.02. The third-order valence-electron chi connectivity index (χ3n) is 7.47. The van der Waals surface area contributed by atoms with Crippen molar-refractivity contribution in [3.05, 3.63) is 76.5 Å². The lowest BCUT2D eigenvalue weighted by atomic mass is 9.89. The van der Waals surface area contributed by atoms with Gasteiger partial charge < -0.3 is 18.6 Å². The van der Waals surface area contributed by atoms with Crippen LogP contribution in [0, 0.1) is 5.92 Å². The maximum atomic E-state index is 11.6. The first-order valence-electron chi connectivity index (χ1n) is 14.1. The second-order valence-corrected chi connectivity index (χ2v) is 10.8. The molecule has 212 valence electrons. The summed E-state index contributed by atoms with van der Waals surface area (Å²) in [7, 11) is 0. The summed E-state index contributed by atoms with van der Waals surface area (Å²) in [6.45, 7) is 3.75. The van der Waals surface area contributed by atoms with Gasteiger partial charge in [-0.05, 0) is 30.9 Å². The van der Waals surface area contributed by atoms with Crippen LogP contribution in [0.3, 0.4) is 0 Å². The van der Waals surface area contributed by atoms with Crippen molar-refractivity contribution >= 4 is 28.6 Å². The zero-order valence-electron chi connectivity index (χ0n) is 22.7. The maximum absolute atomic E-state index is 11.6. The molecule has 1 N–H and O–H groups in total. The molecule has 1 aliphatic carbocycles. The van der Waals surface area contributed by atoms with Crippen molar-refractivity contribution in [2.75, 3.05) is 31.2 Å². The number of pyridine rings is 2. The number of morpholine rings is 1. The number of imidazole rings is 1. The van der Waals surface area contributed by atoms with Crippen LogP contribution in [0.5, 0.6) is 0 Å². The molecule has 7 rings (SSSR count). The molecular weight excluding hydrogens is 542 g/mol. The molecule has 1 aliphatic heterocycles. The van der Waals surface area contributed by atoms with Crippen LogP contribution >= 0.6 is 11.6 Å². The van der Waals surface area contributed by atoms with Crippen molar-refractivity contribution in [1.29, 1.82) is 0 Å². The molecule has 0 amide bonds. The van der Waals surface area contributed by atoms with E-state index in [1.165, 1.54) is 32.1 Å². The van der Waals surface area contributed by atoms with Crippen molar-refractivity contribution < 1.29 is 9.15 Å². The second-order valence-electron chi connectivity index (χ2n) is 10.3. The fourth-order valence-electron chi connectivity index (χ4n) is 5.53. The minimum absolute atomic E-state index is 0.114. The van der Waals surface area contributed by atoms with Gasteiger partial charge in [-0.15, -0.1) is 5.10 Å². The summed E-state index contributed by atoms with van der Waals surface area (Å²) in [6.07, 6.45) is 9.57. The Morgan fingerprint density at radius 1 is 0.951 bits per heavy atom. The summed E-state index contributed by atoms with van der Waals surface area (Å²) in [5.74, 6) is 0.968. The third kappa shape index (κ3) is 6.34. The SMILES string of the molecule is O=c1[nH]nc(-c2cc3nc(N4CCOCC4)n(CC4CCCCC4)c3c(-c3cncc(Cl)c3)n2)o1.c1ccccc1. The predicted octanol–water partition coefficient (Wildman–Crippen LogP) is 5.59. The summed E-state index contributed by atoms with van der Waals surface area (Å²) < 4.78 is 13.1. The van der Waals surface area contributed by atoms with Gasteiger partial charge >= 0.3 is 5.76 Å². The number of nitrogens with zero attached hydrogens (tertiary/aromatic N) is 6. The second kappa shape index (κ2) is 12.7. The van der Waals surface area contributed by atoms with Gasteiger partial charge in [0.15, 0.2) is 0 Å². The van der Waals surface area contributed by atoms with Crippen LogP contribution in [-0.2, 0) is 11.3 Å². The number of nitrogens with one attached hydrogen (secondary N) is 1. The highest BCUT2D eigenvalue weighted by atomic mass is 35.5. The fraction of sp³-hybridized carbons (Fsp3) is 0.367. The minimum atomic E-state index is -0.635. The van der Waals surface area contributed by atoms with Crippen LogP contribution in [0.2, 0.25) is 5.02 Å². The van der Waals surface area contributed by atoms with Crippen LogP contribution in [0.4, 0.5) is 5.95 Å². The molecule has 0 spiro atoms. The number of hydrogen-bond acceptors (Lipinski definition) is 8. The zero-order chi connectivity index (χ0) is 28.0. The molecule has 0 atom stereocenters. The van der Waals surface area contributed by atoms with E-state index < -0.39 is 5.76 Å². The molecular formula is C30H32ClN7O3. The van der Waals surface area contributed by atoms with Crippen molar-refractivity contribution in [3.8, 4) is 22.8 Å². The van der Waals surface area contributed by atoms with Gasteiger partial charge in [-0.3, -0.25) is 4.98 Å². The molecule has 5 heterocycles. The quantitative estimate of drug-likeness (QED) is 0.289. The molecule has 41 heavy (non-hydrogen) atoms.